The van der Waals surface area contributed by atoms with Crippen molar-refractivity contribution in [1.82, 2.24) is 5.32 Å². The first-order chi connectivity index (χ1) is 7.57. The van der Waals surface area contributed by atoms with Crippen molar-refractivity contribution in [3.63, 3.8) is 0 Å². The summed E-state index contributed by atoms with van der Waals surface area (Å²) in [5.74, 6) is -1.17. The molecule has 0 aliphatic heterocycles. The van der Waals surface area contributed by atoms with Crippen LogP contribution in [0.4, 0.5) is 4.39 Å². The minimum atomic E-state index is -0.881. The van der Waals surface area contributed by atoms with Crippen LogP contribution in [0.1, 0.15) is 24.9 Å². The lowest BCUT2D eigenvalue weighted by molar-refractivity contribution is -0.120. The summed E-state index contributed by atoms with van der Waals surface area (Å²) in [5.41, 5.74) is 5.34. The fourth-order valence-corrected chi connectivity index (χ4v) is 1.69. The van der Waals surface area contributed by atoms with Crippen LogP contribution in [0.25, 0.3) is 0 Å². The number of benzene rings is 1. The summed E-state index contributed by atoms with van der Waals surface area (Å²) in [6.45, 7) is 2.51. The molecule has 0 saturated carbocycles. The van der Waals surface area contributed by atoms with Crippen molar-refractivity contribution in [1.29, 1.82) is 0 Å². The molecular weight excluding hydrogens is 231 g/mol. The van der Waals surface area contributed by atoms with Crippen LogP contribution in [-0.2, 0) is 4.79 Å². The maximum Gasteiger partial charge on any atom is 0.239 e. The molecule has 0 heterocycles. The second-order valence-electron chi connectivity index (χ2n) is 3.42. The molecule has 5 heteroatoms. The van der Waals surface area contributed by atoms with Crippen LogP contribution in [0.15, 0.2) is 18.2 Å². The summed E-state index contributed by atoms with van der Waals surface area (Å²) >= 11 is 5.86. The van der Waals surface area contributed by atoms with Gasteiger partial charge in [0.2, 0.25) is 5.91 Å². The van der Waals surface area contributed by atoms with Crippen LogP contribution < -0.4 is 11.1 Å². The summed E-state index contributed by atoms with van der Waals surface area (Å²) in [5, 5.41) is 3.07. The standard InChI is InChI=1S/C11H14ClFN2O/c1-2-6-15-10(11(14)16)9-7(12)4-3-5-8(9)13/h3-5,10,15H,2,6H2,1H3,(H2,14,16). The Balaban J connectivity index is 3.05. The zero-order valence-corrected chi connectivity index (χ0v) is 9.72. The molecule has 0 bridgehead atoms. The highest BCUT2D eigenvalue weighted by molar-refractivity contribution is 6.31. The van der Waals surface area contributed by atoms with Crippen molar-refractivity contribution >= 4 is 17.5 Å². The third-order valence-electron chi connectivity index (χ3n) is 2.17. The first-order valence-corrected chi connectivity index (χ1v) is 5.42. The average molecular weight is 245 g/mol. The predicted octanol–water partition coefficient (Wildman–Crippen LogP) is 2.01. The topological polar surface area (TPSA) is 55.1 Å². The van der Waals surface area contributed by atoms with Gasteiger partial charge in [-0.25, -0.2) is 4.39 Å². The van der Waals surface area contributed by atoms with Gasteiger partial charge in [0.05, 0.1) is 0 Å². The molecule has 1 amide bonds. The van der Waals surface area contributed by atoms with Gasteiger partial charge in [-0.1, -0.05) is 24.6 Å². The number of nitrogens with one attached hydrogen (secondary N) is 1. The van der Waals surface area contributed by atoms with Crippen molar-refractivity contribution in [2.45, 2.75) is 19.4 Å². The van der Waals surface area contributed by atoms with Gasteiger partial charge >= 0.3 is 0 Å². The van der Waals surface area contributed by atoms with Gasteiger partial charge in [0.1, 0.15) is 11.9 Å². The van der Waals surface area contributed by atoms with Gasteiger partial charge in [-0.3, -0.25) is 4.79 Å². The minimum absolute atomic E-state index is 0.116. The molecule has 16 heavy (non-hydrogen) atoms. The molecular formula is C11H14ClFN2O. The Morgan fingerprint density at radius 3 is 2.81 bits per heavy atom. The Kier molecular flexibility index (Phi) is 4.71. The lowest BCUT2D eigenvalue weighted by Gasteiger charge is -2.17. The number of hydrogen-bond donors (Lipinski definition) is 2. The molecule has 1 rings (SSSR count). The number of nitrogens with two attached hydrogens (primary N) is 1. The number of carbonyl (C=O) groups excluding carboxylic acids is 1. The summed E-state index contributed by atoms with van der Waals surface area (Å²) in [6.07, 6.45) is 0.815. The van der Waals surface area contributed by atoms with E-state index in [-0.39, 0.29) is 10.6 Å². The van der Waals surface area contributed by atoms with E-state index in [4.69, 9.17) is 17.3 Å². The van der Waals surface area contributed by atoms with Gasteiger partial charge in [-0.15, -0.1) is 0 Å². The Bertz CT molecular complexity index is 364. The first kappa shape index (κ1) is 12.9. The lowest BCUT2D eigenvalue weighted by atomic mass is 10.1. The molecule has 0 saturated heterocycles. The van der Waals surface area contributed by atoms with E-state index >= 15 is 0 Å². The maximum atomic E-state index is 13.6. The van der Waals surface area contributed by atoms with Crippen LogP contribution in [0.2, 0.25) is 5.02 Å². The monoisotopic (exact) mass is 244 g/mol. The van der Waals surface area contributed by atoms with Gasteiger partial charge in [-0.05, 0) is 25.1 Å². The average Bonchev–Trinajstić information content (AvgIpc) is 2.21. The SMILES string of the molecule is CCCNC(C(N)=O)c1c(F)cccc1Cl. The molecule has 1 aromatic carbocycles. The second-order valence-corrected chi connectivity index (χ2v) is 3.83. The van der Waals surface area contributed by atoms with Crippen molar-refractivity contribution in [2.24, 2.45) is 5.73 Å². The van der Waals surface area contributed by atoms with Crippen LogP contribution in [0.3, 0.4) is 0 Å². The Morgan fingerprint density at radius 1 is 1.62 bits per heavy atom. The predicted molar refractivity (Wildman–Crippen MR) is 61.6 cm³/mol. The van der Waals surface area contributed by atoms with Gasteiger partial charge < -0.3 is 11.1 Å². The highest BCUT2D eigenvalue weighted by Gasteiger charge is 2.23. The normalized spacial score (nSPS) is 12.4. The molecule has 0 fully saturated rings. The third-order valence-corrected chi connectivity index (χ3v) is 2.50. The van der Waals surface area contributed by atoms with Crippen LogP contribution >= 0.6 is 11.6 Å². The van der Waals surface area contributed by atoms with E-state index in [0.717, 1.165) is 6.42 Å². The lowest BCUT2D eigenvalue weighted by Crippen LogP contribution is -2.34. The van der Waals surface area contributed by atoms with E-state index in [9.17, 15) is 9.18 Å². The summed E-state index contributed by atoms with van der Waals surface area (Å²) in [7, 11) is 0. The number of carbonyl (C=O) groups is 1. The highest BCUT2D eigenvalue weighted by atomic mass is 35.5. The number of primary amides is 1. The van der Waals surface area contributed by atoms with E-state index in [1.165, 1.54) is 18.2 Å². The maximum absolute atomic E-state index is 13.6. The largest absolute Gasteiger partial charge is 0.368 e. The quantitative estimate of drug-likeness (QED) is 0.833. The fourth-order valence-electron chi connectivity index (χ4n) is 1.42. The van der Waals surface area contributed by atoms with E-state index < -0.39 is 17.8 Å². The number of hydrogen-bond acceptors (Lipinski definition) is 2. The van der Waals surface area contributed by atoms with Crippen molar-refractivity contribution < 1.29 is 9.18 Å². The summed E-state index contributed by atoms with van der Waals surface area (Å²) in [6, 6.07) is 3.39. The molecule has 0 aromatic heterocycles. The van der Waals surface area contributed by atoms with Crippen molar-refractivity contribution in [3.05, 3.63) is 34.6 Å². The molecule has 1 unspecified atom stereocenters. The number of amides is 1. The van der Waals surface area contributed by atoms with Gasteiger partial charge in [0, 0.05) is 10.6 Å². The molecule has 3 nitrogen and oxygen atoms in total. The first-order valence-electron chi connectivity index (χ1n) is 5.04. The second kappa shape index (κ2) is 5.82. The number of halogens is 2. The van der Waals surface area contributed by atoms with Crippen molar-refractivity contribution in [2.75, 3.05) is 6.54 Å². The molecule has 0 spiro atoms. The van der Waals surface area contributed by atoms with Crippen molar-refractivity contribution in [3.8, 4) is 0 Å². The molecule has 0 aliphatic rings. The molecule has 0 radical (unpaired) electrons. The zero-order valence-electron chi connectivity index (χ0n) is 8.97. The van der Waals surface area contributed by atoms with Gasteiger partial charge in [-0.2, -0.15) is 0 Å². The minimum Gasteiger partial charge on any atom is -0.368 e. The van der Waals surface area contributed by atoms with E-state index in [1.54, 1.807) is 0 Å². The Labute approximate surface area is 98.8 Å². The third kappa shape index (κ3) is 2.93. The molecule has 3 N–H and O–H groups in total. The van der Waals surface area contributed by atoms with E-state index in [2.05, 4.69) is 5.32 Å². The smallest absolute Gasteiger partial charge is 0.239 e. The number of rotatable bonds is 5. The van der Waals surface area contributed by atoms with Crippen LogP contribution in [0, 0.1) is 5.82 Å². The highest BCUT2D eigenvalue weighted by Crippen LogP contribution is 2.25. The Hall–Kier alpha value is -1.13. The van der Waals surface area contributed by atoms with Gasteiger partial charge in [0.25, 0.3) is 0 Å². The van der Waals surface area contributed by atoms with E-state index in [1.807, 2.05) is 6.92 Å². The summed E-state index contributed by atoms with van der Waals surface area (Å²) < 4.78 is 13.6. The molecule has 88 valence electrons. The molecule has 1 atom stereocenters. The zero-order chi connectivity index (χ0) is 12.1. The molecule has 1 aromatic rings. The van der Waals surface area contributed by atoms with E-state index in [0.29, 0.717) is 6.54 Å². The van der Waals surface area contributed by atoms with Crippen LogP contribution in [-0.4, -0.2) is 12.5 Å². The fraction of sp³-hybridized carbons (Fsp3) is 0.364. The van der Waals surface area contributed by atoms with Gasteiger partial charge in [0.15, 0.2) is 0 Å². The van der Waals surface area contributed by atoms with Crippen LogP contribution in [0.5, 0.6) is 0 Å². The Morgan fingerprint density at radius 2 is 2.31 bits per heavy atom. The molecule has 0 aliphatic carbocycles. The summed E-state index contributed by atoms with van der Waals surface area (Å²) in [4.78, 5) is 11.2.